The molecular weight excluding hydrogens is 328 g/mol. The van der Waals surface area contributed by atoms with E-state index in [1.54, 1.807) is 19.2 Å². The van der Waals surface area contributed by atoms with Gasteiger partial charge >= 0.3 is 0 Å². The number of hydrogen-bond acceptors (Lipinski definition) is 4. The van der Waals surface area contributed by atoms with Crippen LogP contribution in [-0.4, -0.2) is 51.5 Å². The van der Waals surface area contributed by atoms with Gasteiger partial charge in [-0.15, -0.1) is 0 Å². The molecule has 0 unspecified atom stereocenters. The Bertz CT molecular complexity index is 694. The molecule has 1 amide bonds. The van der Waals surface area contributed by atoms with E-state index in [1.165, 1.54) is 16.4 Å². The van der Waals surface area contributed by atoms with Gasteiger partial charge < -0.3 is 10.1 Å². The zero-order chi connectivity index (χ0) is 17.2. The molecule has 7 heteroatoms. The molecule has 0 aromatic heterocycles. The molecule has 1 aliphatic carbocycles. The minimum Gasteiger partial charge on any atom is -0.381 e. The van der Waals surface area contributed by atoms with E-state index in [0.29, 0.717) is 25.3 Å². The van der Waals surface area contributed by atoms with Crippen molar-refractivity contribution in [3.05, 3.63) is 29.8 Å². The van der Waals surface area contributed by atoms with Crippen molar-refractivity contribution in [3.63, 3.8) is 0 Å². The van der Waals surface area contributed by atoms with Crippen LogP contribution < -0.4 is 5.32 Å². The Labute approximate surface area is 143 Å². The van der Waals surface area contributed by atoms with Crippen molar-refractivity contribution in [1.82, 2.24) is 9.62 Å². The standard InChI is InChI=1S/C17H24N2O4S/c1-19(11-13-8-9-23-12-13)24(21,22)16-7-2-4-14(10-16)17(20)18-15-5-3-6-15/h2,4,7,10,13,15H,3,5-6,8-9,11-12H2,1H3,(H,18,20)/t13-/m0/s1. The van der Waals surface area contributed by atoms with Crippen molar-refractivity contribution < 1.29 is 17.9 Å². The van der Waals surface area contributed by atoms with Crippen LogP contribution in [0.25, 0.3) is 0 Å². The fourth-order valence-electron chi connectivity index (χ4n) is 2.99. The maximum atomic E-state index is 12.7. The highest BCUT2D eigenvalue weighted by molar-refractivity contribution is 7.89. The number of nitrogens with zero attached hydrogens (tertiary/aromatic N) is 1. The lowest BCUT2D eigenvalue weighted by atomic mass is 9.93. The number of nitrogens with one attached hydrogen (secondary N) is 1. The van der Waals surface area contributed by atoms with E-state index in [0.717, 1.165) is 25.7 Å². The lowest BCUT2D eigenvalue weighted by Gasteiger charge is -2.26. The average molecular weight is 352 g/mol. The molecule has 1 aromatic carbocycles. The van der Waals surface area contributed by atoms with Crippen LogP contribution in [0.5, 0.6) is 0 Å². The molecule has 1 aromatic rings. The molecule has 6 nitrogen and oxygen atoms in total. The predicted molar refractivity (Wildman–Crippen MR) is 90.3 cm³/mol. The number of benzene rings is 1. The molecule has 0 bridgehead atoms. The molecule has 1 atom stereocenters. The van der Waals surface area contributed by atoms with E-state index in [-0.39, 0.29) is 22.8 Å². The van der Waals surface area contributed by atoms with E-state index in [2.05, 4.69) is 5.32 Å². The lowest BCUT2D eigenvalue weighted by molar-refractivity contribution is 0.0916. The Balaban J connectivity index is 1.72. The molecule has 132 valence electrons. The normalized spacial score (nSPS) is 21.7. The van der Waals surface area contributed by atoms with Gasteiger partial charge in [-0.3, -0.25) is 4.79 Å². The van der Waals surface area contributed by atoms with Crippen LogP contribution in [0.15, 0.2) is 29.2 Å². The van der Waals surface area contributed by atoms with Crippen molar-refractivity contribution in [2.45, 2.75) is 36.6 Å². The average Bonchev–Trinajstić information content (AvgIpc) is 3.03. The second kappa shape index (κ2) is 7.21. The summed E-state index contributed by atoms with van der Waals surface area (Å²) >= 11 is 0. The third-order valence-corrected chi connectivity index (χ3v) is 6.60. The third kappa shape index (κ3) is 3.79. The number of carbonyl (C=O) groups excluding carboxylic acids is 1. The Morgan fingerprint density at radius 1 is 1.33 bits per heavy atom. The van der Waals surface area contributed by atoms with Crippen LogP contribution in [0, 0.1) is 5.92 Å². The van der Waals surface area contributed by atoms with E-state index in [1.807, 2.05) is 0 Å². The summed E-state index contributed by atoms with van der Waals surface area (Å²) in [7, 11) is -2.03. The summed E-state index contributed by atoms with van der Waals surface area (Å²) in [5, 5.41) is 2.94. The van der Waals surface area contributed by atoms with Gasteiger partial charge in [0.1, 0.15) is 0 Å². The van der Waals surface area contributed by atoms with E-state index in [9.17, 15) is 13.2 Å². The molecule has 2 fully saturated rings. The summed E-state index contributed by atoms with van der Waals surface area (Å²) in [5.74, 6) is 0.0264. The summed E-state index contributed by atoms with van der Waals surface area (Å²) in [5.41, 5.74) is 0.389. The highest BCUT2D eigenvalue weighted by Crippen LogP contribution is 2.21. The van der Waals surface area contributed by atoms with Crippen molar-refractivity contribution >= 4 is 15.9 Å². The Hall–Kier alpha value is -1.44. The molecule has 2 aliphatic rings. The van der Waals surface area contributed by atoms with Gasteiger partial charge in [-0.05, 0) is 49.8 Å². The number of rotatable bonds is 6. The Morgan fingerprint density at radius 3 is 2.75 bits per heavy atom. The lowest BCUT2D eigenvalue weighted by Crippen LogP contribution is -2.39. The quantitative estimate of drug-likeness (QED) is 0.844. The van der Waals surface area contributed by atoms with Crippen LogP contribution in [0.3, 0.4) is 0 Å². The first-order valence-corrected chi connectivity index (χ1v) is 9.86. The first kappa shape index (κ1) is 17.4. The molecule has 1 aliphatic heterocycles. The second-order valence-corrected chi connectivity index (χ2v) is 8.69. The van der Waals surface area contributed by atoms with Crippen molar-refractivity contribution in [3.8, 4) is 0 Å². The third-order valence-electron chi connectivity index (χ3n) is 4.78. The van der Waals surface area contributed by atoms with Gasteiger partial charge in [0.25, 0.3) is 5.91 Å². The molecule has 1 saturated carbocycles. The minimum absolute atomic E-state index is 0.158. The van der Waals surface area contributed by atoms with Gasteiger partial charge in [0.15, 0.2) is 0 Å². The SMILES string of the molecule is CN(C[C@@H]1CCOC1)S(=O)(=O)c1cccc(C(=O)NC2CCC2)c1. The van der Waals surface area contributed by atoms with Crippen LogP contribution >= 0.6 is 0 Å². The van der Waals surface area contributed by atoms with Crippen molar-refractivity contribution in [2.24, 2.45) is 5.92 Å². The smallest absolute Gasteiger partial charge is 0.251 e. The topological polar surface area (TPSA) is 75.7 Å². The van der Waals surface area contributed by atoms with Crippen LogP contribution in [0.4, 0.5) is 0 Å². The Kier molecular flexibility index (Phi) is 5.22. The van der Waals surface area contributed by atoms with Gasteiger partial charge in [0.05, 0.1) is 11.5 Å². The van der Waals surface area contributed by atoms with Gasteiger partial charge in [0, 0.05) is 31.8 Å². The van der Waals surface area contributed by atoms with Crippen molar-refractivity contribution in [2.75, 3.05) is 26.8 Å². The summed E-state index contributed by atoms with van der Waals surface area (Å²) in [6.45, 7) is 1.72. The number of carbonyl (C=O) groups is 1. The first-order chi connectivity index (χ1) is 11.5. The zero-order valence-electron chi connectivity index (χ0n) is 13.9. The van der Waals surface area contributed by atoms with Gasteiger partial charge in [-0.2, -0.15) is 0 Å². The molecule has 0 radical (unpaired) electrons. The predicted octanol–water partition coefficient (Wildman–Crippen LogP) is 1.63. The van der Waals surface area contributed by atoms with Crippen molar-refractivity contribution in [1.29, 1.82) is 0 Å². The number of amides is 1. The van der Waals surface area contributed by atoms with Crippen LogP contribution in [0.1, 0.15) is 36.0 Å². The second-order valence-electron chi connectivity index (χ2n) is 6.64. The largest absolute Gasteiger partial charge is 0.381 e. The summed E-state index contributed by atoms with van der Waals surface area (Å²) < 4.78 is 32.1. The number of sulfonamides is 1. The zero-order valence-corrected chi connectivity index (χ0v) is 14.7. The fourth-order valence-corrected chi connectivity index (χ4v) is 4.28. The summed E-state index contributed by atoms with van der Waals surface area (Å²) in [6, 6.07) is 6.50. The van der Waals surface area contributed by atoms with Gasteiger partial charge in [0.2, 0.25) is 10.0 Å². The maximum absolute atomic E-state index is 12.7. The summed E-state index contributed by atoms with van der Waals surface area (Å²) in [6.07, 6.45) is 4.00. The molecule has 1 heterocycles. The molecule has 1 N–H and O–H groups in total. The maximum Gasteiger partial charge on any atom is 0.251 e. The highest BCUT2D eigenvalue weighted by atomic mass is 32.2. The van der Waals surface area contributed by atoms with E-state index >= 15 is 0 Å². The monoisotopic (exact) mass is 352 g/mol. The highest BCUT2D eigenvalue weighted by Gasteiger charge is 2.27. The number of hydrogen-bond donors (Lipinski definition) is 1. The van der Waals surface area contributed by atoms with E-state index < -0.39 is 10.0 Å². The first-order valence-electron chi connectivity index (χ1n) is 8.42. The fraction of sp³-hybridized carbons (Fsp3) is 0.588. The Morgan fingerprint density at radius 2 is 2.12 bits per heavy atom. The molecule has 0 spiro atoms. The van der Waals surface area contributed by atoms with E-state index in [4.69, 9.17) is 4.74 Å². The molecule has 24 heavy (non-hydrogen) atoms. The van der Waals surface area contributed by atoms with Crippen LogP contribution in [-0.2, 0) is 14.8 Å². The number of ether oxygens (including phenoxy) is 1. The van der Waals surface area contributed by atoms with Gasteiger partial charge in [-0.1, -0.05) is 6.07 Å². The molecular formula is C17H24N2O4S. The molecule has 1 saturated heterocycles. The summed E-state index contributed by atoms with van der Waals surface area (Å²) in [4.78, 5) is 12.4. The molecule has 3 rings (SSSR count). The minimum atomic E-state index is -3.60. The van der Waals surface area contributed by atoms with Crippen LogP contribution in [0.2, 0.25) is 0 Å². The van der Waals surface area contributed by atoms with Gasteiger partial charge in [-0.25, -0.2) is 12.7 Å².